The van der Waals surface area contributed by atoms with Gasteiger partial charge in [-0.1, -0.05) is 18.6 Å². The quantitative estimate of drug-likeness (QED) is 0.592. The van der Waals surface area contributed by atoms with Crippen LogP contribution in [-0.4, -0.2) is 20.8 Å². The first-order chi connectivity index (χ1) is 8.26. The first kappa shape index (κ1) is 11.4. The van der Waals surface area contributed by atoms with Crippen LogP contribution in [0.1, 0.15) is 32.6 Å². The number of hydrogen-bond donors (Lipinski definition) is 0. The molecule has 0 bridgehead atoms. The van der Waals surface area contributed by atoms with Gasteiger partial charge >= 0.3 is 0 Å². The van der Waals surface area contributed by atoms with Crippen molar-refractivity contribution in [2.45, 2.75) is 41.9 Å². The molecule has 2 heterocycles. The summed E-state index contributed by atoms with van der Waals surface area (Å²) in [5.41, 5.74) is 3.97. The summed E-state index contributed by atoms with van der Waals surface area (Å²) in [6.07, 6.45) is 8.03. The SMILES string of the molecule is CC12C3=CSC1CCC1(SCCS1)C2=CCC3. The molecule has 2 unspecified atom stereocenters. The second-order valence-electron chi connectivity index (χ2n) is 5.62. The number of rotatable bonds is 0. The van der Waals surface area contributed by atoms with Crippen molar-refractivity contribution in [1.82, 2.24) is 0 Å². The molecule has 1 saturated heterocycles. The highest BCUT2D eigenvalue weighted by Gasteiger charge is 2.57. The van der Waals surface area contributed by atoms with Crippen LogP contribution >= 0.6 is 35.3 Å². The monoisotopic (exact) mass is 282 g/mol. The highest BCUT2D eigenvalue weighted by Crippen LogP contribution is 2.68. The third kappa shape index (κ3) is 1.37. The van der Waals surface area contributed by atoms with E-state index in [1.807, 2.05) is 0 Å². The fourth-order valence-corrected chi connectivity index (χ4v) is 9.08. The summed E-state index contributed by atoms with van der Waals surface area (Å²) >= 11 is 6.60. The molecule has 0 aromatic carbocycles. The van der Waals surface area contributed by atoms with Crippen molar-refractivity contribution in [3.8, 4) is 0 Å². The molecule has 0 aromatic rings. The summed E-state index contributed by atoms with van der Waals surface area (Å²) in [4.78, 5) is 0. The summed E-state index contributed by atoms with van der Waals surface area (Å²) in [7, 11) is 0. The van der Waals surface area contributed by atoms with Crippen molar-refractivity contribution >= 4 is 35.3 Å². The van der Waals surface area contributed by atoms with Crippen LogP contribution < -0.4 is 0 Å². The van der Waals surface area contributed by atoms with Crippen LogP contribution in [0.3, 0.4) is 0 Å². The Morgan fingerprint density at radius 1 is 1.29 bits per heavy atom. The van der Waals surface area contributed by atoms with Gasteiger partial charge in [0, 0.05) is 22.2 Å². The van der Waals surface area contributed by atoms with Gasteiger partial charge < -0.3 is 0 Å². The first-order valence-electron chi connectivity index (χ1n) is 6.60. The third-order valence-corrected chi connectivity index (χ3v) is 9.93. The van der Waals surface area contributed by atoms with E-state index in [0.717, 1.165) is 5.25 Å². The Morgan fingerprint density at radius 3 is 2.94 bits per heavy atom. The molecule has 0 radical (unpaired) electrons. The fourth-order valence-electron chi connectivity index (χ4n) is 4.00. The molecule has 2 fully saturated rings. The molecule has 17 heavy (non-hydrogen) atoms. The van der Waals surface area contributed by atoms with Gasteiger partial charge in [-0.2, -0.15) is 0 Å². The third-order valence-electron chi connectivity index (χ3n) is 4.91. The number of fused-ring (bicyclic) bond motifs is 1. The maximum Gasteiger partial charge on any atom is 0.0830 e. The minimum atomic E-state index is 0.422. The molecule has 0 aromatic heterocycles. The van der Waals surface area contributed by atoms with E-state index in [-0.39, 0.29) is 0 Å². The van der Waals surface area contributed by atoms with Gasteiger partial charge in [-0.3, -0.25) is 0 Å². The maximum absolute atomic E-state index is 2.61. The van der Waals surface area contributed by atoms with E-state index < -0.39 is 0 Å². The minimum absolute atomic E-state index is 0.422. The van der Waals surface area contributed by atoms with Crippen LogP contribution in [0.4, 0.5) is 0 Å². The van der Waals surface area contributed by atoms with Gasteiger partial charge in [0.25, 0.3) is 0 Å². The van der Waals surface area contributed by atoms with Gasteiger partial charge in [0.1, 0.15) is 0 Å². The van der Waals surface area contributed by atoms with E-state index in [1.54, 1.807) is 11.1 Å². The Labute approximate surface area is 116 Å². The topological polar surface area (TPSA) is 0 Å². The summed E-state index contributed by atoms with van der Waals surface area (Å²) in [5.74, 6) is 2.71. The minimum Gasteiger partial charge on any atom is -0.139 e. The van der Waals surface area contributed by atoms with Gasteiger partial charge in [-0.05, 0) is 36.7 Å². The molecule has 2 aliphatic carbocycles. The number of allylic oxidation sites excluding steroid dienone is 2. The van der Waals surface area contributed by atoms with E-state index in [4.69, 9.17) is 0 Å². The Morgan fingerprint density at radius 2 is 2.12 bits per heavy atom. The second kappa shape index (κ2) is 3.77. The van der Waals surface area contributed by atoms with Crippen LogP contribution in [0.5, 0.6) is 0 Å². The Kier molecular flexibility index (Phi) is 2.52. The zero-order valence-electron chi connectivity index (χ0n) is 10.2. The molecular formula is C14H18S3. The Bertz CT molecular complexity index is 417. The summed E-state index contributed by atoms with van der Waals surface area (Å²) < 4.78 is 0.468. The fraction of sp³-hybridized carbons (Fsp3) is 0.714. The van der Waals surface area contributed by atoms with Gasteiger partial charge in [0.05, 0.1) is 4.08 Å². The number of thioether (sulfide) groups is 3. The van der Waals surface area contributed by atoms with Crippen molar-refractivity contribution in [3.63, 3.8) is 0 Å². The molecule has 3 heteroatoms. The van der Waals surface area contributed by atoms with Crippen molar-refractivity contribution < 1.29 is 0 Å². The smallest absolute Gasteiger partial charge is 0.0830 e. The lowest BCUT2D eigenvalue weighted by molar-refractivity contribution is 0.355. The van der Waals surface area contributed by atoms with Crippen LogP contribution in [0, 0.1) is 5.41 Å². The Hall–Kier alpha value is 0.530. The predicted octanol–water partition coefficient (Wildman–Crippen LogP) is 4.68. The van der Waals surface area contributed by atoms with Crippen molar-refractivity contribution in [2.24, 2.45) is 5.41 Å². The van der Waals surface area contributed by atoms with Crippen molar-refractivity contribution in [2.75, 3.05) is 11.5 Å². The maximum atomic E-state index is 2.61. The average molecular weight is 282 g/mol. The highest BCUT2D eigenvalue weighted by molar-refractivity contribution is 8.21. The van der Waals surface area contributed by atoms with Crippen molar-refractivity contribution in [1.29, 1.82) is 0 Å². The standard InChI is InChI=1S/C14H18S3/c1-13-10-3-2-4-11(13)14(16-7-8-17-14)6-5-12(13)15-9-10/h4,9,12H,2-3,5-8H2,1H3. The molecule has 1 spiro atoms. The van der Waals surface area contributed by atoms with Crippen molar-refractivity contribution in [3.05, 3.63) is 22.6 Å². The molecular weight excluding hydrogens is 264 g/mol. The largest absolute Gasteiger partial charge is 0.139 e. The molecule has 0 N–H and O–H groups in total. The van der Waals surface area contributed by atoms with E-state index in [1.165, 1.54) is 37.2 Å². The van der Waals surface area contributed by atoms with E-state index in [9.17, 15) is 0 Å². The van der Waals surface area contributed by atoms with Gasteiger partial charge in [0.2, 0.25) is 0 Å². The van der Waals surface area contributed by atoms with Crippen LogP contribution in [0.2, 0.25) is 0 Å². The van der Waals surface area contributed by atoms with Crippen LogP contribution in [0.25, 0.3) is 0 Å². The molecule has 2 aliphatic heterocycles. The predicted molar refractivity (Wildman–Crippen MR) is 81.8 cm³/mol. The zero-order valence-corrected chi connectivity index (χ0v) is 12.6. The molecule has 2 atom stereocenters. The average Bonchev–Trinajstić information content (AvgIpc) is 2.90. The van der Waals surface area contributed by atoms with E-state index in [2.05, 4.69) is 53.7 Å². The zero-order chi connectivity index (χ0) is 11.5. The Balaban J connectivity index is 1.85. The summed E-state index contributed by atoms with van der Waals surface area (Å²) in [6, 6.07) is 0. The molecule has 0 nitrogen and oxygen atoms in total. The molecule has 92 valence electrons. The van der Waals surface area contributed by atoms with Gasteiger partial charge in [-0.25, -0.2) is 0 Å². The molecule has 4 rings (SSSR count). The normalized spacial score (nSPS) is 42.3. The van der Waals surface area contributed by atoms with Gasteiger partial charge in [0.15, 0.2) is 0 Å². The lowest BCUT2D eigenvalue weighted by Gasteiger charge is -2.51. The van der Waals surface area contributed by atoms with E-state index in [0.29, 0.717) is 9.49 Å². The van der Waals surface area contributed by atoms with E-state index >= 15 is 0 Å². The highest BCUT2D eigenvalue weighted by atomic mass is 32.2. The summed E-state index contributed by atoms with van der Waals surface area (Å²) in [6.45, 7) is 2.54. The van der Waals surface area contributed by atoms with Gasteiger partial charge in [-0.15, -0.1) is 35.3 Å². The van der Waals surface area contributed by atoms with Crippen LogP contribution in [-0.2, 0) is 0 Å². The first-order valence-corrected chi connectivity index (χ1v) is 9.51. The molecule has 0 amide bonds. The van der Waals surface area contributed by atoms with Crippen LogP contribution in [0.15, 0.2) is 22.6 Å². The summed E-state index contributed by atoms with van der Waals surface area (Å²) in [5, 5.41) is 3.34. The lowest BCUT2D eigenvalue weighted by atomic mass is 9.63. The number of hydrogen-bond acceptors (Lipinski definition) is 3. The second-order valence-corrected chi connectivity index (χ2v) is 9.74. The molecule has 4 aliphatic rings. The molecule has 1 saturated carbocycles. The lowest BCUT2D eigenvalue weighted by Crippen LogP contribution is -2.45.